The predicted octanol–water partition coefficient (Wildman–Crippen LogP) is 0.791. The molecule has 0 amide bonds. The third kappa shape index (κ3) is 2.68. The van der Waals surface area contributed by atoms with Crippen LogP contribution in [0.15, 0.2) is 0 Å². The van der Waals surface area contributed by atoms with E-state index < -0.39 is 10.2 Å². The monoisotopic (exact) mass is 287 g/mol. The maximum absolute atomic E-state index is 12.8. The highest BCUT2D eigenvalue weighted by Gasteiger charge is 2.41. The number of rotatable bonds is 2. The SMILES string of the molecule is O=S(=O)(N1CCNCC1)N1CCCC2CCCCC21. The molecule has 2 aliphatic heterocycles. The number of piperazine rings is 1. The maximum atomic E-state index is 12.8. The molecule has 0 spiro atoms. The zero-order chi connectivity index (χ0) is 13.3. The van der Waals surface area contributed by atoms with Gasteiger partial charge in [-0.1, -0.05) is 12.8 Å². The first-order valence-electron chi connectivity index (χ1n) is 7.67. The van der Waals surface area contributed by atoms with Crippen LogP contribution < -0.4 is 5.32 Å². The van der Waals surface area contributed by atoms with Gasteiger partial charge in [0.25, 0.3) is 10.2 Å². The van der Waals surface area contributed by atoms with Crippen molar-refractivity contribution >= 4 is 10.2 Å². The van der Waals surface area contributed by atoms with E-state index in [4.69, 9.17) is 0 Å². The van der Waals surface area contributed by atoms with Gasteiger partial charge in [0.05, 0.1) is 0 Å². The Hall–Kier alpha value is -0.170. The first-order valence-corrected chi connectivity index (χ1v) is 9.07. The molecule has 0 radical (unpaired) electrons. The van der Waals surface area contributed by atoms with Crippen LogP contribution in [0.3, 0.4) is 0 Å². The molecule has 3 fully saturated rings. The van der Waals surface area contributed by atoms with Gasteiger partial charge in [0.15, 0.2) is 0 Å². The lowest BCUT2D eigenvalue weighted by Crippen LogP contribution is -2.57. The van der Waals surface area contributed by atoms with Crippen molar-refractivity contribution in [1.29, 1.82) is 0 Å². The second-order valence-electron chi connectivity index (χ2n) is 6.02. The fourth-order valence-electron chi connectivity index (χ4n) is 3.89. The Morgan fingerprint density at radius 2 is 1.58 bits per heavy atom. The average Bonchev–Trinajstić information content (AvgIpc) is 2.47. The van der Waals surface area contributed by atoms with Crippen molar-refractivity contribution in [3.05, 3.63) is 0 Å². The second-order valence-corrected chi connectivity index (χ2v) is 7.90. The van der Waals surface area contributed by atoms with Gasteiger partial charge in [-0.3, -0.25) is 0 Å². The third-order valence-corrected chi connectivity index (χ3v) is 6.95. The van der Waals surface area contributed by atoms with Crippen molar-refractivity contribution in [2.45, 2.75) is 44.6 Å². The molecule has 2 heterocycles. The minimum atomic E-state index is -3.23. The number of nitrogens with zero attached hydrogens (tertiary/aromatic N) is 2. The van der Waals surface area contributed by atoms with Gasteiger partial charge in [-0.2, -0.15) is 17.0 Å². The normalized spacial score (nSPS) is 34.9. The van der Waals surface area contributed by atoms with Gasteiger partial charge in [-0.05, 0) is 31.6 Å². The van der Waals surface area contributed by atoms with E-state index in [0.717, 1.165) is 32.5 Å². The van der Waals surface area contributed by atoms with Crippen LogP contribution >= 0.6 is 0 Å². The number of hydrogen-bond donors (Lipinski definition) is 1. The summed E-state index contributed by atoms with van der Waals surface area (Å²) in [5, 5.41) is 3.22. The van der Waals surface area contributed by atoms with Gasteiger partial charge < -0.3 is 5.32 Å². The third-order valence-electron chi connectivity index (χ3n) is 4.89. The van der Waals surface area contributed by atoms with Gasteiger partial charge in [-0.15, -0.1) is 0 Å². The molecule has 3 rings (SSSR count). The summed E-state index contributed by atoms with van der Waals surface area (Å²) in [7, 11) is -3.23. The highest BCUT2D eigenvalue weighted by atomic mass is 32.2. The van der Waals surface area contributed by atoms with Crippen LogP contribution in [0.1, 0.15) is 38.5 Å². The molecule has 3 aliphatic rings. The summed E-state index contributed by atoms with van der Waals surface area (Å²) in [6, 6.07) is 0.280. The Morgan fingerprint density at radius 3 is 2.37 bits per heavy atom. The molecular formula is C13H25N3O2S. The minimum absolute atomic E-state index is 0.280. The Balaban J connectivity index is 1.78. The highest BCUT2D eigenvalue weighted by molar-refractivity contribution is 7.86. The molecular weight excluding hydrogens is 262 g/mol. The minimum Gasteiger partial charge on any atom is -0.314 e. The number of fused-ring (bicyclic) bond motifs is 1. The molecule has 0 aromatic heterocycles. The smallest absolute Gasteiger partial charge is 0.282 e. The summed E-state index contributed by atoms with van der Waals surface area (Å²) in [4.78, 5) is 0. The second kappa shape index (κ2) is 5.68. The quantitative estimate of drug-likeness (QED) is 0.817. The summed E-state index contributed by atoms with van der Waals surface area (Å²) in [5.74, 6) is 0.611. The fraction of sp³-hybridized carbons (Fsp3) is 1.00. The van der Waals surface area contributed by atoms with E-state index >= 15 is 0 Å². The summed E-state index contributed by atoms with van der Waals surface area (Å²) in [5.41, 5.74) is 0. The number of nitrogens with one attached hydrogen (secondary N) is 1. The Labute approximate surface area is 116 Å². The maximum Gasteiger partial charge on any atom is 0.282 e. The van der Waals surface area contributed by atoms with Gasteiger partial charge in [0.1, 0.15) is 0 Å². The molecule has 0 aromatic carbocycles. The highest BCUT2D eigenvalue weighted by Crippen LogP contribution is 2.37. The summed E-state index contributed by atoms with van der Waals surface area (Å²) >= 11 is 0. The predicted molar refractivity (Wildman–Crippen MR) is 75.0 cm³/mol. The van der Waals surface area contributed by atoms with Gasteiger partial charge in [0.2, 0.25) is 0 Å². The summed E-state index contributed by atoms with van der Waals surface area (Å²) in [6.45, 7) is 3.53. The van der Waals surface area contributed by atoms with Crippen LogP contribution in [0.25, 0.3) is 0 Å². The molecule has 5 nitrogen and oxygen atoms in total. The lowest BCUT2D eigenvalue weighted by Gasteiger charge is -2.45. The van der Waals surface area contributed by atoms with Crippen molar-refractivity contribution in [3.8, 4) is 0 Å². The van der Waals surface area contributed by atoms with E-state index in [9.17, 15) is 8.42 Å². The fourth-order valence-corrected chi connectivity index (χ4v) is 5.81. The molecule has 2 saturated heterocycles. The van der Waals surface area contributed by atoms with E-state index in [1.54, 1.807) is 4.31 Å². The van der Waals surface area contributed by atoms with Crippen LogP contribution in [0.4, 0.5) is 0 Å². The number of hydrogen-bond acceptors (Lipinski definition) is 3. The molecule has 19 heavy (non-hydrogen) atoms. The lowest BCUT2D eigenvalue weighted by atomic mass is 9.79. The summed E-state index contributed by atoms with van der Waals surface area (Å²) in [6.07, 6.45) is 7.01. The lowest BCUT2D eigenvalue weighted by molar-refractivity contribution is 0.121. The Morgan fingerprint density at radius 1 is 0.895 bits per heavy atom. The van der Waals surface area contributed by atoms with E-state index in [1.807, 2.05) is 4.31 Å². The zero-order valence-corrected chi connectivity index (χ0v) is 12.4. The molecule has 6 heteroatoms. The van der Waals surface area contributed by atoms with Gasteiger partial charge >= 0.3 is 0 Å². The largest absolute Gasteiger partial charge is 0.314 e. The average molecular weight is 287 g/mol. The van der Waals surface area contributed by atoms with Crippen molar-refractivity contribution in [2.24, 2.45) is 5.92 Å². The molecule has 1 aliphatic carbocycles. The Kier molecular flexibility index (Phi) is 4.12. The first kappa shape index (κ1) is 13.8. The van der Waals surface area contributed by atoms with Gasteiger partial charge in [0, 0.05) is 38.8 Å². The Bertz CT molecular complexity index is 404. The van der Waals surface area contributed by atoms with E-state index in [1.165, 1.54) is 25.7 Å². The molecule has 2 atom stereocenters. The van der Waals surface area contributed by atoms with Crippen LogP contribution in [0.2, 0.25) is 0 Å². The van der Waals surface area contributed by atoms with Crippen molar-refractivity contribution in [3.63, 3.8) is 0 Å². The molecule has 0 aromatic rings. The first-order chi connectivity index (χ1) is 9.19. The van der Waals surface area contributed by atoms with Crippen LogP contribution in [0.5, 0.6) is 0 Å². The molecule has 1 N–H and O–H groups in total. The van der Waals surface area contributed by atoms with Gasteiger partial charge in [-0.25, -0.2) is 0 Å². The molecule has 1 saturated carbocycles. The number of piperidine rings is 1. The molecule has 2 unspecified atom stereocenters. The van der Waals surface area contributed by atoms with E-state index in [0.29, 0.717) is 19.0 Å². The van der Waals surface area contributed by atoms with Crippen molar-refractivity contribution in [2.75, 3.05) is 32.7 Å². The van der Waals surface area contributed by atoms with Crippen LogP contribution in [-0.4, -0.2) is 55.8 Å². The van der Waals surface area contributed by atoms with Crippen LogP contribution in [0, 0.1) is 5.92 Å². The zero-order valence-electron chi connectivity index (χ0n) is 11.6. The van der Waals surface area contributed by atoms with Crippen LogP contribution in [-0.2, 0) is 10.2 Å². The van der Waals surface area contributed by atoms with E-state index in [2.05, 4.69) is 5.32 Å². The summed E-state index contributed by atoms with van der Waals surface area (Å²) < 4.78 is 29.2. The van der Waals surface area contributed by atoms with E-state index in [-0.39, 0.29) is 6.04 Å². The molecule has 0 bridgehead atoms. The van der Waals surface area contributed by atoms with Crippen molar-refractivity contribution < 1.29 is 8.42 Å². The topological polar surface area (TPSA) is 52.7 Å². The van der Waals surface area contributed by atoms with Crippen molar-refractivity contribution in [1.82, 2.24) is 13.9 Å². The standard InChI is InChI=1S/C13H25N3O2S/c17-19(18,15-10-7-14-8-11-15)16-9-3-5-12-4-1-2-6-13(12)16/h12-14H,1-11H2. The molecule has 110 valence electrons.